The predicted molar refractivity (Wildman–Crippen MR) is 279 cm³/mol. The van der Waals surface area contributed by atoms with Gasteiger partial charge in [-0.1, -0.05) is 189 Å². The Morgan fingerprint density at radius 3 is 1.20 bits per heavy atom. The third kappa shape index (κ3) is 11.5. The number of benzene rings is 4. The first-order chi connectivity index (χ1) is 29.9. The summed E-state index contributed by atoms with van der Waals surface area (Å²) < 4.78 is 50.5. The van der Waals surface area contributed by atoms with E-state index in [1.165, 1.54) is 33.6 Å². The van der Waals surface area contributed by atoms with Gasteiger partial charge in [0.15, 0.2) is 4.75 Å². The predicted octanol–water partition coefficient (Wildman–Crippen LogP) is 10.1. The van der Waals surface area contributed by atoms with Gasteiger partial charge in [-0.2, -0.15) is 0 Å². The van der Waals surface area contributed by atoms with E-state index in [9.17, 15) is 0 Å². The zero-order chi connectivity index (χ0) is 46.8. The van der Waals surface area contributed by atoms with E-state index in [0.29, 0.717) is 31.6 Å². The molecule has 10 heteroatoms. The summed E-state index contributed by atoms with van der Waals surface area (Å²) in [6, 6.07) is 43.2. The topological polar surface area (TPSA) is 79.9 Å². The molecule has 0 heterocycles. The highest BCUT2D eigenvalue weighted by atomic mass is 32.2. The molecule has 0 bridgehead atoms. The molecule has 0 radical (unpaired) electrons. The van der Waals surface area contributed by atoms with Gasteiger partial charge in [0.2, 0.25) is 0 Å². The van der Waals surface area contributed by atoms with Crippen molar-refractivity contribution in [2.45, 2.75) is 159 Å². The van der Waals surface area contributed by atoms with E-state index in [1.807, 2.05) is 0 Å². The summed E-state index contributed by atoms with van der Waals surface area (Å²) in [5.74, 6) is 1.09. The molecule has 4 atom stereocenters. The van der Waals surface area contributed by atoms with E-state index in [0.717, 1.165) is 25.7 Å². The van der Waals surface area contributed by atoms with Crippen LogP contribution in [0.15, 0.2) is 121 Å². The molecule has 0 amide bonds. The molecule has 0 unspecified atom stereocenters. The van der Waals surface area contributed by atoms with Crippen molar-refractivity contribution in [2.24, 2.45) is 11.8 Å². The Bertz CT molecular complexity index is 1990. The second kappa shape index (κ2) is 19.8. The van der Waals surface area contributed by atoms with Crippen molar-refractivity contribution in [1.29, 1.82) is 0 Å². The van der Waals surface area contributed by atoms with Crippen molar-refractivity contribution in [1.82, 2.24) is 9.03 Å². The summed E-state index contributed by atoms with van der Waals surface area (Å²) in [6.45, 7) is 29.9. The molecule has 64 heavy (non-hydrogen) atoms. The van der Waals surface area contributed by atoms with Crippen LogP contribution in [0.5, 0.6) is 0 Å². The van der Waals surface area contributed by atoms with Crippen molar-refractivity contribution in [3.05, 3.63) is 121 Å². The van der Waals surface area contributed by atoms with Gasteiger partial charge in [0.05, 0.1) is 30.8 Å². The van der Waals surface area contributed by atoms with Crippen molar-refractivity contribution in [3.8, 4) is 0 Å². The van der Waals surface area contributed by atoms with E-state index in [1.54, 1.807) is 0 Å². The van der Waals surface area contributed by atoms with Crippen LogP contribution in [0.2, 0.25) is 10.1 Å². The quantitative estimate of drug-likeness (QED) is 0.0663. The monoisotopic (exact) mass is 941 g/mol. The van der Waals surface area contributed by atoms with Crippen LogP contribution in [0.4, 0.5) is 0 Å². The minimum absolute atomic E-state index is 0.186. The van der Waals surface area contributed by atoms with E-state index in [-0.39, 0.29) is 10.1 Å². The summed E-state index contributed by atoms with van der Waals surface area (Å²) in [6.07, 6.45) is 6.40. The molecule has 0 aromatic heterocycles. The van der Waals surface area contributed by atoms with Gasteiger partial charge in [-0.15, -0.1) is 9.03 Å². The van der Waals surface area contributed by atoms with Gasteiger partial charge < -0.3 is 18.0 Å². The van der Waals surface area contributed by atoms with E-state index >= 15 is 9.11 Å². The largest absolute Gasteiger partial charge is 0.598 e. The first-order valence-electron chi connectivity index (χ1n) is 23.8. The molecule has 6 nitrogen and oxygen atoms in total. The fourth-order valence-electron chi connectivity index (χ4n) is 9.87. The van der Waals surface area contributed by atoms with Gasteiger partial charge in [-0.3, -0.25) is 0 Å². The second-order valence-corrected chi connectivity index (χ2v) is 35.9. The van der Waals surface area contributed by atoms with Crippen LogP contribution in [0, 0.1) is 11.8 Å². The van der Waals surface area contributed by atoms with Crippen LogP contribution in [0.1, 0.15) is 129 Å². The normalized spacial score (nSPS) is 18.6. The fourth-order valence-corrected chi connectivity index (χ4v) is 22.1. The highest BCUT2D eigenvalue weighted by Crippen LogP contribution is 2.45. The van der Waals surface area contributed by atoms with Gasteiger partial charge in [0, 0.05) is 22.7 Å². The summed E-state index contributed by atoms with van der Waals surface area (Å²) in [4.78, 5) is 0. The number of rotatable bonds is 21. The average molecular weight is 942 g/mol. The molecule has 2 aliphatic rings. The Labute approximate surface area is 397 Å². The molecular formula is C54H80N2O4S2Si2. The zero-order valence-electron chi connectivity index (χ0n) is 41.5. The smallest absolute Gasteiger partial charge is 0.261 e. The van der Waals surface area contributed by atoms with Crippen LogP contribution in [-0.4, -0.2) is 70.4 Å². The lowest BCUT2D eigenvalue weighted by molar-refractivity contribution is 0.0926. The number of hydrogen-bond donors (Lipinski definition) is 1. The Morgan fingerprint density at radius 2 is 0.875 bits per heavy atom. The number of nitrogens with zero attached hydrogens (tertiary/aromatic N) is 1. The minimum atomic E-state index is -2.93. The molecular weight excluding hydrogens is 861 g/mol. The number of nitrogens with one attached hydrogen (secondary N) is 1. The molecule has 4 aromatic rings. The van der Waals surface area contributed by atoms with E-state index in [4.69, 9.17) is 8.85 Å². The highest BCUT2D eigenvalue weighted by molar-refractivity contribution is 7.91. The third-order valence-corrected chi connectivity index (χ3v) is 27.4. The van der Waals surface area contributed by atoms with Crippen LogP contribution >= 0.6 is 0 Å². The summed E-state index contributed by atoms with van der Waals surface area (Å²) in [7, 11) is -5.80. The van der Waals surface area contributed by atoms with Crippen LogP contribution < -0.4 is 25.5 Å². The molecule has 0 spiro atoms. The Morgan fingerprint density at radius 1 is 0.531 bits per heavy atom. The molecule has 2 aliphatic carbocycles. The molecule has 4 aromatic carbocycles. The lowest BCUT2D eigenvalue weighted by Crippen LogP contribution is -2.70. The van der Waals surface area contributed by atoms with Crippen LogP contribution in [0.3, 0.4) is 0 Å². The highest BCUT2D eigenvalue weighted by Gasteiger charge is 2.57. The molecule has 6 rings (SSSR count). The average Bonchev–Trinajstić information content (AvgIpc) is 4.19. The maximum absolute atomic E-state index is 15.3. The van der Waals surface area contributed by atoms with Crippen molar-refractivity contribution < 1.29 is 18.0 Å². The summed E-state index contributed by atoms with van der Waals surface area (Å²) in [5.41, 5.74) is -1.19. The zero-order valence-corrected chi connectivity index (χ0v) is 45.1. The molecule has 1 N–H and O–H groups in total. The van der Waals surface area contributed by atoms with Gasteiger partial charge in [-0.05, 0) is 104 Å². The van der Waals surface area contributed by atoms with Crippen LogP contribution in [0.25, 0.3) is 0 Å². The molecule has 0 aliphatic heterocycles. The van der Waals surface area contributed by atoms with Crippen molar-refractivity contribution in [3.63, 3.8) is 0 Å². The third-order valence-electron chi connectivity index (χ3n) is 13.6. The Balaban J connectivity index is 1.35. The van der Waals surface area contributed by atoms with Crippen molar-refractivity contribution in [2.75, 3.05) is 19.8 Å². The minimum Gasteiger partial charge on any atom is -0.598 e. The Hall–Kier alpha value is -2.23. The SMILES string of the molecule is CC(C)(C)[S@+]([O-])N(CC(C)(C)[S@+]([O-])N[C@](C)(CO[Si](c1ccccc1)(c1ccccc1)C(C)(C)C)CC1CC1)[C@](C)(CO[Si](c1ccccc1)(c1ccccc1)C(C)(C)C)CC1CC1. The fraction of sp³-hybridized carbons (Fsp3) is 0.556. The number of hydrogen-bond acceptors (Lipinski definition) is 6. The van der Waals surface area contributed by atoms with Gasteiger partial charge in [0.1, 0.15) is 4.75 Å². The van der Waals surface area contributed by atoms with E-state index < -0.39 is 59.9 Å². The molecule has 2 fully saturated rings. The molecule has 0 saturated heterocycles. The first kappa shape index (κ1) is 51.2. The summed E-state index contributed by atoms with van der Waals surface area (Å²) >= 11 is -2.98. The van der Waals surface area contributed by atoms with Gasteiger partial charge >= 0.3 is 0 Å². The second-order valence-electron chi connectivity index (χ2n) is 23.3. The van der Waals surface area contributed by atoms with Crippen LogP contribution in [-0.2, 0) is 31.6 Å². The standard InChI is InChI=1S/C54H80N2O4S2Si2/c1-49(2,3)62(58)56(54(13,39-44-36-37-44)42-60-64(51(7,8)9,47-30-22-16-23-31-47)48-32-24-17-25-33-48)40-52(10,11)61(57)55-53(12,38-43-34-35-43)41-59-63(50(4,5)6,45-26-18-14-19-27-45)46-28-20-15-21-29-46/h14-33,43-44,55H,34-42H2,1-13H3/t53-,54-,61-,62-/m0/s1. The van der Waals surface area contributed by atoms with Gasteiger partial charge in [-0.25, -0.2) is 0 Å². The molecule has 350 valence electrons. The Kier molecular flexibility index (Phi) is 15.8. The lowest BCUT2D eigenvalue weighted by Gasteiger charge is -2.49. The molecule has 2 saturated carbocycles. The maximum atomic E-state index is 15.3. The van der Waals surface area contributed by atoms with Crippen molar-refractivity contribution >= 4 is 60.1 Å². The lowest BCUT2D eigenvalue weighted by atomic mass is 9.95. The summed E-state index contributed by atoms with van der Waals surface area (Å²) in [5, 5.41) is 4.53. The van der Waals surface area contributed by atoms with E-state index in [2.05, 4.69) is 220 Å². The van der Waals surface area contributed by atoms with Gasteiger partial charge in [0.25, 0.3) is 16.6 Å². The maximum Gasteiger partial charge on any atom is 0.261 e. The first-order valence-corrected chi connectivity index (χ1v) is 29.8.